The number of carbonyl (C=O) groups is 2. The van der Waals surface area contributed by atoms with Gasteiger partial charge in [0.2, 0.25) is 11.8 Å². The van der Waals surface area contributed by atoms with Crippen LogP contribution in [-0.4, -0.2) is 29.8 Å². The standard InChI is InChI=1S/C19H25N3O2.ClH/c23-18(16-2-1-7-22(12-16)19(24)14-5-6-14)21-9-13-3-4-15-10-20-11-17(15)8-13;/h3-4,8,14,16,20H,1-2,5-7,9-12H2,(H,21,23);1H. The van der Waals surface area contributed by atoms with E-state index < -0.39 is 0 Å². The van der Waals surface area contributed by atoms with E-state index in [-0.39, 0.29) is 36.1 Å². The quantitative estimate of drug-likeness (QED) is 0.859. The first-order valence-electron chi connectivity index (χ1n) is 9.08. The number of nitrogens with zero attached hydrogens (tertiary/aromatic N) is 1. The molecule has 2 N–H and O–H groups in total. The lowest BCUT2D eigenvalue weighted by Crippen LogP contribution is -2.45. The lowest BCUT2D eigenvalue weighted by Gasteiger charge is -2.32. The zero-order valence-electron chi connectivity index (χ0n) is 14.4. The molecule has 0 aromatic heterocycles. The summed E-state index contributed by atoms with van der Waals surface area (Å²) >= 11 is 0. The van der Waals surface area contributed by atoms with Crippen LogP contribution < -0.4 is 10.6 Å². The van der Waals surface area contributed by atoms with Crippen LogP contribution in [0, 0.1) is 11.8 Å². The molecule has 2 heterocycles. The molecule has 0 radical (unpaired) electrons. The zero-order chi connectivity index (χ0) is 16.5. The highest BCUT2D eigenvalue weighted by Gasteiger charge is 2.36. The van der Waals surface area contributed by atoms with E-state index in [1.165, 1.54) is 11.1 Å². The third-order valence-electron chi connectivity index (χ3n) is 5.40. The molecule has 1 aromatic carbocycles. The van der Waals surface area contributed by atoms with Crippen molar-refractivity contribution >= 4 is 24.2 Å². The van der Waals surface area contributed by atoms with Crippen LogP contribution in [0.2, 0.25) is 0 Å². The number of benzene rings is 1. The molecule has 2 amide bonds. The molecule has 0 spiro atoms. The van der Waals surface area contributed by atoms with Crippen molar-refractivity contribution in [2.75, 3.05) is 13.1 Å². The van der Waals surface area contributed by atoms with Gasteiger partial charge in [0.05, 0.1) is 5.92 Å². The fourth-order valence-corrected chi connectivity index (χ4v) is 3.77. The number of halogens is 1. The van der Waals surface area contributed by atoms with E-state index in [1.54, 1.807) is 0 Å². The molecule has 1 aromatic rings. The highest BCUT2D eigenvalue weighted by molar-refractivity contribution is 5.85. The second kappa shape index (κ2) is 7.75. The van der Waals surface area contributed by atoms with Gasteiger partial charge in [-0.05, 0) is 42.4 Å². The second-order valence-electron chi connectivity index (χ2n) is 7.32. The molecular weight excluding hydrogens is 338 g/mol. The van der Waals surface area contributed by atoms with E-state index in [2.05, 4.69) is 28.8 Å². The normalized spacial score (nSPS) is 22.1. The smallest absolute Gasteiger partial charge is 0.225 e. The minimum Gasteiger partial charge on any atom is -0.352 e. The number of hydrogen-bond acceptors (Lipinski definition) is 3. The van der Waals surface area contributed by atoms with Gasteiger partial charge in [0, 0.05) is 38.6 Å². The van der Waals surface area contributed by atoms with Gasteiger partial charge in [0.15, 0.2) is 0 Å². The highest BCUT2D eigenvalue weighted by atomic mass is 35.5. The molecule has 1 aliphatic carbocycles. The molecular formula is C19H26ClN3O2. The van der Waals surface area contributed by atoms with Crippen molar-refractivity contribution in [3.63, 3.8) is 0 Å². The van der Waals surface area contributed by atoms with E-state index in [4.69, 9.17) is 0 Å². The average Bonchev–Trinajstić information content (AvgIpc) is 3.36. The monoisotopic (exact) mass is 363 g/mol. The Morgan fingerprint density at radius 2 is 1.92 bits per heavy atom. The van der Waals surface area contributed by atoms with Crippen LogP contribution in [0.3, 0.4) is 0 Å². The topological polar surface area (TPSA) is 61.4 Å². The Labute approximate surface area is 154 Å². The number of rotatable bonds is 4. The minimum absolute atomic E-state index is 0. The molecule has 1 saturated carbocycles. The van der Waals surface area contributed by atoms with E-state index >= 15 is 0 Å². The number of nitrogens with one attached hydrogen (secondary N) is 2. The van der Waals surface area contributed by atoms with Crippen molar-refractivity contribution in [2.45, 2.75) is 45.3 Å². The molecule has 136 valence electrons. The number of carbonyl (C=O) groups excluding carboxylic acids is 2. The van der Waals surface area contributed by atoms with E-state index in [9.17, 15) is 9.59 Å². The van der Waals surface area contributed by atoms with E-state index in [0.717, 1.165) is 50.9 Å². The number of likely N-dealkylation sites (tertiary alicyclic amines) is 1. The Balaban J connectivity index is 0.00000182. The summed E-state index contributed by atoms with van der Waals surface area (Å²) in [6, 6.07) is 6.42. The molecule has 1 atom stereocenters. The number of hydrogen-bond donors (Lipinski definition) is 2. The third kappa shape index (κ3) is 4.15. The van der Waals surface area contributed by atoms with Gasteiger partial charge in [-0.15, -0.1) is 12.4 Å². The van der Waals surface area contributed by atoms with Crippen molar-refractivity contribution in [3.8, 4) is 0 Å². The van der Waals surface area contributed by atoms with Gasteiger partial charge in [0.25, 0.3) is 0 Å². The summed E-state index contributed by atoms with van der Waals surface area (Å²) in [6.07, 6.45) is 3.87. The zero-order valence-corrected chi connectivity index (χ0v) is 15.2. The number of piperidine rings is 1. The maximum absolute atomic E-state index is 12.5. The molecule has 2 fully saturated rings. The summed E-state index contributed by atoms with van der Waals surface area (Å²) in [5, 5.41) is 6.40. The summed E-state index contributed by atoms with van der Waals surface area (Å²) in [5.74, 6) is 0.532. The van der Waals surface area contributed by atoms with E-state index in [0.29, 0.717) is 13.1 Å². The predicted octanol–water partition coefficient (Wildman–Crippen LogP) is 1.98. The molecule has 5 nitrogen and oxygen atoms in total. The van der Waals surface area contributed by atoms with Crippen molar-refractivity contribution in [1.82, 2.24) is 15.5 Å². The lowest BCUT2D eigenvalue weighted by atomic mass is 9.96. The maximum Gasteiger partial charge on any atom is 0.225 e. The summed E-state index contributed by atoms with van der Waals surface area (Å²) in [4.78, 5) is 26.6. The Hall–Kier alpha value is -1.59. The number of amides is 2. The van der Waals surface area contributed by atoms with Crippen LogP contribution in [0.4, 0.5) is 0 Å². The molecule has 1 saturated heterocycles. The molecule has 25 heavy (non-hydrogen) atoms. The fraction of sp³-hybridized carbons (Fsp3) is 0.579. The molecule has 2 aliphatic heterocycles. The van der Waals surface area contributed by atoms with Crippen molar-refractivity contribution in [2.24, 2.45) is 11.8 Å². The molecule has 4 rings (SSSR count). The molecule has 3 aliphatic rings. The van der Waals surface area contributed by atoms with Gasteiger partial charge in [-0.2, -0.15) is 0 Å². The first-order chi connectivity index (χ1) is 11.7. The molecule has 0 bridgehead atoms. The maximum atomic E-state index is 12.5. The minimum atomic E-state index is -0.0578. The second-order valence-corrected chi connectivity index (χ2v) is 7.32. The van der Waals surface area contributed by atoms with Gasteiger partial charge in [-0.3, -0.25) is 9.59 Å². The molecule has 1 unspecified atom stereocenters. The Morgan fingerprint density at radius 1 is 1.12 bits per heavy atom. The van der Waals surface area contributed by atoms with Crippen molar-refractivity contribution in [3.05, 3.63) is 34.9 Å². The summed E-state index contributed by atoms with van der Waals surface area (Å²) in [7, 11) is 0. The van der Waals surface area contributed by atoms with Crippen LogP contribution in [0.1, 0.15) is 42.4 Å². The van der Waals surface area contributed by atoms with Crippen molar-refractivity contribution in [1.29, 1.82) is 0 Å². The summed E-state index contributed by atoms with van der Waals surface area (Å²) in [6.45, 7) is 3.83. The van der Waals surface area contributed by atoms with E-state index in [1.807, 2.05) is 4.90 Å². The van der Waals surface area contributed by atoms with Crippen LogP contribution in [0.5, 0.6) is 0 Å². The number of fused-ring (bicyclic) bond motifs is 1. The summed E-state index contributed by atoms with van der Waals surface area (Å²) < 4.78 is 0. The van der Waals surface area contributed by atoms with Crippen LogP contribution in [0.15, 0.2) is 18.2 Å². The highest BCUT2D eigenvalue weighted by Crippen LogP contribution is 2.32. The van der Waals surface area contributed by atoms with Gasteiger partial charge in [0.1, 0.15) is 0 Å². The Kier molecular flexibility index (Phi) is 5.64. The fourth-order valence-electron chi connectivity index (χ4n) is 3.77. The molecule has 6 heteroatoms. The van der Waals surface area contributed by atoms with Crippen LogP contribution in [-0.2, 0) is 29.2 Å². The lowest BCUT2D eigenvalue weighted by molar-refractivity contribution is -0.136. The first-order valence-corrected chi connectivity index (χ1v) is 9.08. The van der Waals surface area contributed by atoms with Crippen LogP contribution >= 0.6 is 12.4 Å². The summed E-state index contributed by atoms with van der Waals surface area (Å²) in [5.41, 5.74) is 3.83. The average molecular weight is 364 g/mol. The first kappa shape index (κ1) is 18.2. The Morgan fingerprint density at radius 3 is 2.72 bits per heavy atom. The van der Waals surface area contributed by atoms with Crippen molar-refractivity contribution < 1.29 is 9.59 Å². The van der Waals surface area contributed by atoms with Gasteiger partial charge in [-0.25, -0.2) is 0 Å². The SMILES string of the molecule is Cl.O=C(NCc1ccc2c(c1)CNC2)C1CCCN(C(=O)C2CC2)C1. The van der Waals surface area contributed by atoms with Gasteiger partial charge < -0.3 is 15.5 Å². The largest absolute Gasteiger partial charge is 0.352 e. The van der Waals surface area contributed by atoms with Crippen LogP contribution in [0.25, 0.3) is 0 Å². The van der Waals surface area contributed by atoms with Gasteiger partial charge >= 0.3 is 0 Å². The Bertz CT molecular complexity index is 660. The third-order valence-corrected chi connectivity index (χ3v) is 5.40. The van der Waals surface area contributed by atoms with Gasteiger partial charge in [-0.1, -0.05) is 18.2 Å². The predicted molar refractivity (Wildman–Crippen MR) is 98.1 cm³/mol.